The second kappa shape index (κ2) is 8.88. The van der Waals surface area contributed by atoms with Crippen LogP contribution in [0.5, 0.6) is 0 Å². The molecule has 1 amide bonds. The van der Waals surface area contributed by atoms with Gasteiger partial charge in [0.15, 0.2) is 5.78 Å². The van der Waals surface area contributed by atoms with Crippen molar-refractivity contribution >= 4 is 23.2 Å². The summed E-state index contributed by atoms with van der Waals surface area (Å²) < 4.78 is 5.37. The summed E-state index contributed by atoms with van der Waals surface area (Å²) >= 11 is 0. The summed E-state index contributed by atoms with van der Waals surface area (Å²) in [6.07, 6.45) is 1.74. The minimum absolute atomic E-state index is 0.184. The van der Waals surface area contributed by atoms with Gasteiger partial charge in [-0.05, 0) is 25.1 Å². The van der Waals surface area contributed by atoms with Crippen molar-refractivity contribution in [3.63, 3.8) is 0 Å². The molecule has 0 saturated carbocycles. The van der Waals surface area contributed by atoms with Gasteiger partial charge in [0.1, 0.15) is 5.82 Å². The van der Waals surface area contributed by atoms with Gasteiger partial charge in [0.05, 0.1) is 30.7 Å². The first-order valence-electron chi connectivity index (χ1n) is 9.92. The van der Waals surface area contributed by atoms with Crippen molar-refractivity contribution in [2.75, 3.05) is 36.5 Å². The van der Waals surface area contributed by atoms with Crippen LogP contribution in [0.3, 0.4) is 0 Å². The van der Waals surface area contributed by atoms with Crippen LogP contribution in [0.4, 0.5) is 11.5 Å². The Hall–Kier alpha value is -3.51. The third-order valence-electron chi connectivity index (χ3n) is 5.10. The second-order valence-electron chi connectivity index (χ2n) is 7.20. The minimum atomic E-state index is -0.363. The highest BCUT2D eigenvalue weighted by molar-refractivity contribution is 6.17. The Balaban J connectivity index is 1.51. The van der Waals surface area contributed by atoms with Gasteiger partial charge in [0.2, 0.25) is 0 Å². The quantitative estimate of drug-likeness (QED) is 0.660. The SMILES string of the molecule is Cc1ccc(C(=O)c2ccccc2C(=O)Nc2ccc(N3CCOCC3)cn2)cc1. The third kappa shape index (κ3) is 4.39. The number of pyridine rings is 1. The van der Waals surface area contributed by atoms with Gasteiger partial charge in [0, 0.05) is 24.2 Å². The highest BCUT2D eigenvalue weighted by atomic mass is 16.5. The Labute approximate surface area is 175 Å². The molecule has 1 aliphatic heterocycles. The average Bonchev–Trinajstić information content (AvgIpc) is 2.80. The molecule has 0 aliphatic carbocycles. The number of aromatic nitrogens is 1. The predicted molar refractivity (Wildman–Crippen MR) is 116 cm³/mol. The zero-order valence-corrected chi connectivity index (χ0v) is 16.8. The van der Waals surface area contributed by atoms with Crippen molar-refractivity contribution in [2.24, 2.45) is 0 Å². The predicted octanol–water partition coefficient (Wildman–Crippen LogP) is 3.71. The molecule has 0 bridgehead atoms. The lowest BCUT2D eigenvalue weighted by Gasteiger charge is -2.28. The first-order chi connectivity index (χ1) is 14.6. The molecule has 6 nitrogen and oxygen atoms in total. The molecule has 3 aromatic rings. The number of amides is 1. The van der Waals surface area contributed by atoms with E-state index in [9.17, 15) is 9.59 Å². The molecule has 1 saturated heterocycles. The Kier molecular flexibility index (Phi) is 5.86. The topological polar surface area (TPSA) is 71.5 Å². The van der Waals surface area contributed by atoms with Crippen LogP contribution in [0.2, 0.25) is 0 Å². The Bertz CT molecular complexity index is 1040. The first-order valence-corrected chi connectivity index (χ1v) is 9.92. The molecule has 2 aromatic carbocycles. The number of ether oxygens (including phenoxy) is 1. The average molecular weight is 401 g/mol. The van der Waals surface area contributed by atoms with Gasteiger partial charge in [0.25, 0.3) is 5.91 Å². The van der Waals surface area contributed by atoms with Gasteiger partial charge in [-0.1, -0.05) is 48.0 Å². The molecule has 1 aromatic heterocycles. The lowest BCUT2D eigenvalue weighted by Crippen LogP contribution is -2.36. The van der Waals surface area contributed by atoms with Crippen LogP contribution in [0.15, 0.2) is 66.9 Å². The van der Waals surface area contributed by atoms with E-state index in [2.05, 4.69) is 15.2 Å². The first kappa shape index (κ1) is 19.8. The van der Waals surface area contributed by atoms with E-state index in [4.69, 9.17) is 4.74 Å². The van der Waals surface area contributed by atoms with E-state index in [0.717, 1.165) is 24.3 Å². The molecule has 1 aliphatic rings. The summed E-state index contributed by atoms with van der Waals surface area (Å²) in [6, 6.07) is 17.8. The highest BCUT2D eigenvalue weighted by Gasteiger charge is 2.19. The highest BCUT2D eigenvalue weighted by Crippen LogP contribution is 2.19. The van der Waals surface area contributed by atoms with Crippen LogP contribution in [0, 0.1) is 6.92 Å². The molecule has 6 heteroatoms. The van der Waals surface area contributed by atoms with Crippen LogP contribution in [-0.4, -0.2) is 43.0 Å². The maximum atomic E-state index is 12.9. The zero-order chi connectivity index (χ0) is 20.9. The van der Waals surface area contributed by atoms with Crippen molar-refractivity contribution in [2.45, 2.75) is 6.92 Å². The van der Waals surface area contributed by atoms with Crippen LogP contribution in [0.25, 0.3) is 0 Å². The summed E-state index contributed by atoms with van der Waals surface area (Å²) in [7, 11) is 0. The fourth-order valence-corrected chi connectivity index (χ4v) is 3.39. The van der Waals surface area contributed by atoms with Crippen molar-refractivity contribution in [3.05, 3.63) is 89.1 Å². The maximum absolute atomic E-state index is 12.9. The summed E-state index contributed by atoms with van der Waals surface area (Å²) in [4.78, 5) is 32.4. The van der Waals surface area contributed by atoms with Gasteiger partial charge in [-0.2, -0.15) is 0 Å². The lowest BCUT2D eigenvalue weighted by molar-refractivity contribution is 0.0996. The van der Waals surface area contributed by atoms with E-state index < -0.39 is 0 Å². The van der Waals surface area contributed by atoms with E-state index in [1.165, 1.54) is 0 Å². The van der Waals surface area contributed by atoms with E-state index in [0.29, 0.717) is 35.7 Å². The number of benzene rings is 2. The standard InChI is InChI=1S/C24H23N3O3/c1-17-6-8-18(9-7-17)23(28)20-4-2-3-5-21(20)24(29)26-22-11-10-19(16-25-22)27-12-14-30-15-13-27/h2-11,16H,12-15H2,1H3,(H,25,26,29). The summed E-state index contributed by atoms with van der Waals surface area (Å²) in [5.41, 5.74) is 3.30. The molecule has 0 unspecified atom stereocenters. The molecule has 30 heavy (non-hydrogen) atoms. The molecule has 152 valence electrons. The van der Waals surface area contributed by atoms with Crippen molar-refractivity contribution in [3.8, 4) is 0 Å². The van der Waals surface area contributed by atoms with E-state index >= 15 is 0 Å². The number of aryl methyl sites for hydroxylation is 1. The van der Waals surface area contributed by atoms with Crippen LogP contribution in [-0.2, 0) is 4.74 Å². The number of carbonyl (C=O) groups is 2. The monoisotopic (exact) mass is 401 g/mol. The molecule has 2 heterocycles. The number of morpholine rings is 1. The second-order valence-corrected chi connectivity index (χ2v) is 7.20. The fourth-order valence-electron chi connectivity index (χ4n) is 3.39. The maximum Gasteiger partial charge on any atom is 0.257 e. The molecule has 0 atom stereocenters. The summed E-state index contributed by atoms with van der Waals surface area (Å²) in [5.74, 6) is -0.108. The third-order valence-corrected chi connectivity index (χ3v) is 5.10. The smallest absolute Gasteiger partial charge is 0.257 e. The molecule has 1 N–H and O–H groups in total. The number of nitrogens with one attached hydrogen (secondary N) is 1. The Morgan fingerprint density at radius 1 is 0.933 bits per heavy atom. The Morgan fingerprint density at radius 3 is 2.30 bits per heavy atom. The van der Waals surface area contributed by atoms with Gasteiger partial charge < -0.3 is 15.0 Å². The molecule has 4 rings (SSSR count). The summed E-state index contributed by atoms with van der Waals surface area (Å²) in [5, 5.41) is 2.80. The van der Waals surface area contributed by atoms with E-state index in [1.54, 1.807) is 48.7 Å². The number of nitrogens with zero attached hydrogens (tertiary/aromatic N) is 2. The molecular weight excluding hydrogens is 378 g/mol. The zero-order valence-electron chi connectivity index (χ0n) is 16.8. The number of rotatable bonds is 5. The van der Waals surface area contributed by atoms with Crippen molar-refractivity contribution in [1.82, 2.24) is 4.98 Å². The molecule has 0 spiro atoms. The number of anilines is 2. The van der Waals surface area contributed by atoms with Crippen molar-refractivity contribution in [1.29, 1.82) is 0 Å². The van der Waals surface area contributed by atoms with Gasteiger partial charge in [-0.25, -0.2) is 4.98 Å². The van der Waals surface area contributed by atoms with Gasteiger partial charge in [-0.3, -0.25) is 9.59 Å². The largest absolute Gasteiger partial charge is 0.378 e. The molecule has 1 fully saturated rings. The number of hydrogen-bond donors (Lipinski definition) is 1. The van der Waals surface area contributed by atoms with Crippen LogP contribution >= 0.6 is 0 Å². The normalized spacial score (nSPS) is 13.7. The Morgan fingerprint density at radius 2 is 1.63 bits per heavy atom. The number of ketones is 1. The minimum Gasteiger partial charge on any atom is -0.378 e. The van der Waals surface area contributed by atoms with E-state index in [-0.39, 0.29) is 11.7 Å². The van der Waals surface area contributed by atoms with Crippen LogP contribution < -0.4 is 10.2 Å². The van der Waals surface area contributed by atoms with Gasteiger partial charge in [-0.15, -0.1) is 0 Å². The van der Waals surface area contributed by atoms with Crippen molar-refractivity contribution < 1.29 is 14.3 Å². The summed E-state index contributed by atoms with van der Waals surface area (Å²) in [6.45, 7) is 5.01. The number of hydrogen-bond acceptors (Lipinski definition) is 5. The lowest BCUT2D eigenvalue weighted by atomic mass is 9.97. The van der Waals surface area contributed by atoms with Crippen LogP contribution in [0.1, 0.15) is 31.8 Å². The molecular formula is C24H23N3O3. The van der Waals surface area contributed by atoms with E-state index in [1.807, 2.05) is 25.1 Å². The molecule has 0 radical (unpaired) electrons. The fraction of sp³-hybridized carbons (Fsp3) is 0.208. The van der Waals surface area contributed by atoms with Gasteiger partial charge >= 0.3 is 0 Å². The number of carbonyl (C=O) groups excluding carboxylic acids is 2.